The predicted molar refractivity (Wildman–Crippen MR) is 102 cm³/mol. The van der Waals surface area contributed by atoms with Gasteiger partial charge >= 0.3 is 6.09 Å². The number of hydrogen-bond acceptors (Lipinski definition) is 3. The van der Waals surface area contributed by atoms with Gasteiger partial charge in [-0.2, -0.15) is 0 Å². The van der Waals surface area contributed by atoms with E-state index in [0.29, 0.717) is 18.1 Å². The van der Waals surface area contributed by atoms with Crippen LogP contribution < -0.4 is 10.2 Å². The van der Waals surface area contributed by atoms with Gasteiger partial charge in [-0.15, -0.1) is 0 Å². The lowest BCUT2D eigenvalue weighted by Crippen LogP contribution is -2.62. The highest BCUT2D eigenvalue weighted by atomic mass is 35.5. The number of anilines is 1. The molecule has 2 fully saturated rings. The van der Waals surface area contributed by atoms with Crippen LogP contribution in [0.15, 0.2) is 24.3 Å². The average Bonchev–Trinajstić information content (AvgIpc) is 3.01. The molecular formula is C19H26ClN3O3. The molecule has 0 bridgehead atoms. The second kappa shape index (κ2) is 7.35. The zero-order valence-electron chi connectivity index (χ0n) is 15.2. The smallest absolute Gasteiger partial charge is 0.404 e. The molecule has 1 aliphatic carbocycles. The highest BCUT2D eigenvalue weighted by Gasteiger charge is 2.41. The Labute approximate surface area is 159 Å². The summed E-state index contributed by atoms with van der Waals surface area (Å²) in [5, 5.41) is 12.2. The van der Waals surface area contributed by atoms with E-state index in [9.17, 15) is 9.59 Å². The summed E-state index contributed by atoms with van der Waals surface area (Å²) in [7, 11) is 0. The van der Waals surface area contributed by atoms with E-state index in [1.165, 1.54) is 0 Å². The van der Waals surface area contributed by atoms with Crippen LogP contribution in [0.3, 0.4) is 0 Å². The molecule has 2 atom stereocenters. The van der Waals surface area contributed by atoms with Crippen LogP contribution in [-0.4, -0.2) is 53.2 Å². The summed E-state index contributed by atoms with van der Waals surface area (Å²) in [6, 6.07) is 7.50. The van der Waals surface area contributed by atoms with Gasteiger partial charge in [-0.05, 0) is 51.0 Å². The molecule has 142 valence electrons. The van der Waals surface area contributed by atoms with Gasteiger partial charge in [0.1, 0.15) is 0 Å². The van der Waals surface area contributed by atoms with Crippen LogP contribution in [0.5, 0.6) is 0 Å². The van der Waals surface area contributed by atoms with Crippen LogP contribution in [-0.2, 0) is 4.79 Å². The van der Waals surface area contributed by atoms with E-state index in [1.54, 1.807) is 0 Å². The minimum atomic E-state index is -1.05. The second-order valence-electron chi connectivity index (χ2n) is 7.79. The zero-order chi connectivity index (χ0) is 18.9. The maximum absolute atomic E-state index is 13.0. The number of nitrogens with one attached hydrogen (secondary N) is 1. The number of hydrogen-bond donors (Lipinski definition) is 2. The van der Waals surface area contributed by atoms with E-state index >= 15 is 0 Å². The van der Waals surface area contributed by atoms with Crippen molar-refractivity contribution in [2.45, 2.75) is 44.7 Å². The van der Waals surface area contributed by atoms with E-state index in [4.69, 9.17) is 16.7 Å². The maximum atomic E-state index is 13.0. The van der Waals surface area contributed by atoms with Crippen molar-refractivity contribution in [2.24, 2.45) is 5.92 Å². The SMILES string of the molecule is CC1(C)CN(C(=O)C2CCCC2NC(=O)O)CCN1c1ccc(Cl)cc1. The largest absolute Gasteiger partial charge is 0.465 e. The number of carbonyl (C=O) groups is 2. The second-order valence-corrected chi connectivity index (χ2v) is 8.23. The first kappa shape index (κ1) is 18.8. The van der Waals surface area contributed by atoms with Gasteiger partial charge in [0.25, 0.3) is 0 Å². The van der Waals surface area contributed by atoms with Crippen LogP contribution in [0.25, 0.3) is 0 Å². The fourth-order valence-corrected chi connectivity index (χ4v) is 4.39. The molecule has 2 amide bonds. The molecule has 7 heteroatoms. The minimum absolute atomic E-state index is 0.0741. The van der Waals surface area contributed by atoms with Gasteiger partial charge in [-0.25, -0.2) is 4.79 Å². The van der Waals surface area contributed by atoms with Gasteiger partial charge in [0.05, 0.1) is 11.5 Å². The first-order valence-electron chi connectivity index (χ1n) is 9.09. The molecule has 1 aliphatic heterocycles. The van der Waals surface area contributed by atoms with Crippen molar-refractivity contribution in [2.75, 3.05) is 24.5 Å². The van der Waals surface area contributed by atoms with Crippen LogP contribution in [0.2, 0.25) is 5.02 Å². The molecule has 1 aromatic rings. The van der Waals surface area contributed by atoms with Gasteiger partial charge in [0.15, 0.2) is 0 Å². The number of amides is 2. The Morgan fingerprint density at radius 1 is 1.19 bits per heavy atom. The topological polar surface area (TPSA) is 72.9 Å². The van der Waals surface area contributed by atoms with Gasteiger partial charge < -0.3 is 20.2 Å². The van der Waals surface area contributed by atoms with Crippen molar-refractivity contribution in [1.82, 2.24) is 10.2 Å². The van der Waals surface area contributed by atoms with Crippen molar-refractivity contribution in [3.05, 3.63) is 29.3 Å². The van der Waals surface area contributed by atoms with Crippen LogP contribution >= 0.6 is 11.6 Å². The van der Waals surface area contributed by atoms with E-state index in [-0.39, 0.29) is 23.4 Å². The van der Waals surface area contributed by atoms with Gasteiger partial charge in [-0.3, -0.25) is 4.79 Å². The molecule has 2 unspecified atom stereocenters. The Bertz CT molecular complexity index is 677. The van der Waals surface area contributed by atoms with Crippen molar-refractivity contribution < 1.29 is 14.7 Å². The third-order valence-electron chi connectivity index (χ3n) is 5.49. The summed E-state index contributed by atoms with van der Waals surface area (Å²) in [5.41, 5.74) is 0.883. The first-order valence-corrected chi connectivity index (χ1v) is 9.47. The molecule has 1 aromatic carbocycles. The molecule has 1 saturated carbocycles. The molecular weight excluding hydrogens is 354 g/mol. The van der Waals surface area contributed by atoms with E-state index in [2.05, 4.69) is 24.1 Å². The molecule has 3 rings (SSSR count). The highest BCUT2D eigenvalue weighted by molar-refractivity contribution is 6.30. The van der Waals surface area contributed by atoms with Gasteiger partial charge in [-0.1, -0.05) is 18.0 Å². The maximum Gasteiger partial charge on any atom is 0.404 e. The Morgan fingerprint density at radius 3 is 2.50 bits per heavy atom. The summed E-state index contributed by atoms with van der Waals surface area (Å²) < 4.78 is 0. The number of nitrogens with zero attached hydrogens (tertiary/aromatic N) is 2. The van der Waals surface area contributed by atoms with Crippen molar-refractivity contribution in [3.8, 4) is 0 Å². The Balaban J connectivity index is 1.69. The fourth-order valence-electron chi connectivity index (χ4n) is 4.26. The highest BCUT2D eigenvalue weighted by Crippen LogP contribution is 2.32. The van der Waals surface area contributed by atoms with Crippen molar-refractivity contribution in [3.63, 3.8) is 0 Å². The Morgan fingerprint density at radius 2 is 1.88 bits per heavy atom. The molecule has 2 aliphatic rings. The predicted octanol–water partition coefficient (Wildman–Crippen LogP) is 3.20. The summed E-state index contributed by atoms with van der Waals surface area (Å²) in [6.45, 7) is 6.25. The average molecular weight is 380 g/mol. The van der Waals surface area contributed by atoms with E-state index in [0.717, 1.165) is 31.5 Å². The van der Waals surface area contributed by atoms with Crippen LogP contribution in [0.4, 0.5) is 10.5 Å². The molecule has 2 N–H and O–H groups in total. The Kier molecular flexibility index (Phi) is 5.32. The van der Waals surface area contributed by atoms with Crippen molar-refractivity contribution >= 4 is 29.3 Å². The standard InChI is InChI=1S/C19H26ClN3O3/c1-19(2)12-22(10-11-23(19)14-8-6-13(20)7-9-14)17(24)15-4-3-5-16(15)21-18(25)26/h6-9,15-16,21H,3-5,10-12H2,1-2H3,(H,25,26). The molecule has 1 heterocycles. The monoisotopic (exact) mass is 379 g/mol. The third-order valence-corrected chi connectivity index (χ3v) is 5.75. The van der Waals surface area contributed by atoms with Crippen molar-refractivity contribution in [1.29, 1.82) is 0 Å². The lowest BCUT2D eigenvalue weighted by molar-refractivity contribution is -0.137. The number of rotatable bonds is 3. The van der Waals surface area contributed by atoms with E-state index in [1.807, 2.05) is 29.2 Å². The number of carboxylic acid groups (broad SMARTS) is 1. The summed E-state index contributed by atoms with van der Waals surface area (Å²) >= 11 is 5.99. The molecule has 6 nitrogen and oxygen atoms in total. The molecule has 1 saturated heterocycles. The number of halogens is 1. The Hall–Kier alpha value is -1.95. The summed E-state index contributed by atoms with van der Waals surface area (Å²) in [5.74, 6) is -0.172. The number of benzene rings is 1. The van der Waals surface area contributed by atoms with Gasteiger partial charge in [0.2, 0.25) is 5.91 Å². The normalized spacial score (nSPS) is 25.2. The van der Waals surface area contributed by atoms with Crippen LogP contribution in [0.1, 0.15) is 33.1 Å². The lowest BCUT2D eigenvalue weighted by atomic mass is 9.95. The summed E-state index contributed by atoms with van der Waals surface area (Å²) in [6.07, 6.45) is 1.32. The molecule has 0 spiro atoms. The molecule has 0 aromatic heterocycles. The molecule has 0 radical (unpaired) electrons. The van der Waals surface area contributed by atoms with Gasteiger partial charge in [0, 0.05) is 36.4 Å². The third kappa shape index (κ3) is 3.90. The first-order chi connectivity index (χ1) is 12.3. The lowest BCUT2D eigenvalue weighted by Gasteiger charge is -2.49. The summed E-state index contributed by atoms with van der Waals surface area (Å²) in [4.78, 5) is 28.2. The minimum Gasteiger partial charge on any atom is -0.465 e. The van der Waals surface area contributed by atoms with E-state index < -0.39 is 6.09 Å². The number of carbonyl (C=O) groups excluding carboxylic acids is 1. The fraction of sp³-hybridized carbons (Fsp3) is 0.579. The number of piperazine rings is 1. The molecule has 26 heavy (non-hydrogen) atoms. The van der Waals surface area contributed by atoms with Crippen LogP contribution in [0, 0.1) is 5.92 Å². The zero-order valence-corrected chi connectivity index (χ0v) is 16.0. The quantitative estimate of drug-likeness (QED) is 0.845.